The van der Waals surface area contributed by atoms with Gasteiger partial charge in [-0.3, -0.25) is 4.21 Å². The van der Waals surface area contributed by atoms with Gasteiger partial charge >= 0.3 is 0 Å². The Hall–Kier alpha value is -0.870. The summed E-state index contributed by atoms with van der Waals surface area (Å²) in [4.78, 5) is 0. The van der Waals surface area contributed by atoms with Crippen LogP contribution in [0.5, 0.6) is 5.75 Å². The van der Waals surface area contributed by atoms with Crippen LogP contribution in [0.25, 0.3) is 0 Å². The van der Waals surface area contributed by atoms with E-state index in [0.29, 0.717) is 5.75 Å². The maximum absolute atomic E-state index is 11.9. The Balaban J connectivity index is 2.73. The van der Waals surface area contributed by atoms with Gasteiger partial charge in [-0.05, 0) is 38.6 Å². The van der Waals surface area contributed by atoms with Crippen LogP contribution in [0.15, 0.2) is 24.3 Å². The van der Waals surface area contributed by atoms with Gasteiger partial charge in [-0.1, -0.05) is 26.0 Å². The van der Waals surface area contributed by atoms with Crippen molar-refractivity contribution in [1.29, 1.82) is 0 Å². The van der Waals surface area contributed by atoms with Crippen molar-refractivity contribution in [2.75, 3.05) is 12.8 Å². The molecule has 0 aliphatic heterocycles. The molecule has 0 saturated heterocycles. The van der Waals surface area contributed by atoms with Crippen LogP contribution in [0, 0.1) is 0 Å². The SMILES string of the molecule is CNC(CS(=O)C(C)C)c1ccc(OC(C)C)cc1. The molecule has 1 N–H and O–H groups in total. The summed E-state index contributed by atoms with van der Waals surface area (Å²) in [5, 5.41) is 3.42. The zero-order chi connectivity index (χ0) is 14.4. The number of nitrogens with one attached hydrogen (secondary N) is 1. The minimum atomic E-state index is -0.810. The predicted octanol–water partition coefficient (Wildman–Crippen LogP) is 2.89. The first-order valence-electron chi connectivity index (χ1n) is 6.75. The van der Waals surface area contributed by atoms with Crippen LogP contribution in [-0.4, -0.2) is 28.4 Å². The average Bonchev–Trinajstić information content (AvgIpc) is 2.36. The zero-order valence-corrected chi connectivity index (χ0v) is 13.3. The number of hydrogen-bond acceptors (Lipinski definition) is 3. The Bertz CT molecular complexity index is 401. The van der Waals surface area contributed by atoms with E-state index in [1.807, 2.05) is 59.0 Å². The molecule has 0 heterocycles. The van der Waals surface area contributed by atoms with Gasteiger partial charge in [-0.25, -0.2) is 0 Å². The van der Waals surface area contributed by atoms with E-state index in [2.05, 4.69) is 5.32 Å². The molecular formula is C15H25NO2S. The van der Waals surface area contributed by atoms with E-state index in [9.17, 15) is 4.21 Å². The second kappa shape index (κ2) is 7.65. The molecule has 0 saturated carbocycles. The summed E-state index contributed by atoms with van der Waals surface area (Å²) in [6.45, 7) is 8.00. The van der Waals surface area contributed by atoms with E-state index in [-0.39, 0.29) is 17.4 Å². The van der Waals surface area contributed by atoms with Crippen molar-refractivity contribution in [3.05, 3.63) is 29.8 Å². The van der Waals surface area contributed by atoms with Crippen LogP contribution in [0.1, 0.15) is 39.3 Å². The molecule has 1 rings (SSSR count). The monoisotopic (exact) mass is 283 g/mol. The van der Waals surface area contributed by atoms with Gasteiger partial charge in [0, 0.05) is 27.8 Å². The van der Waals surface area contributed by atoms with E-state index in [0.717, 1.165) is 11.3 Å². The third-order valence-electron chi connectivity index (χ3n) is 2.86. The normalized spacial score (nSPS) is 14.7. The van der Waals surface area contributed by atoms with Crippen molar-refractivity contribution >= 4 is 10.8 Å². The highest BCUT2D eigenvalue weighted by Crippen LogP contribution is 2.20. The highest BCUT2D eigenvalue weighted by molar-refractivity contribution is 7.85. The predicted molar refractivity (Wildman–Crippen MR) is 82.2 cm³/mol. The quantitative estimate of drug-likeness (QED) is 0.836. The Morgan fingerprint density at radius 3 is 2.16 bits per heavy atom. The molecule has 0 aliphatic rings. The first-order valence-corrected chi connectivity index (χ1v) is 8.13. The van der Waals surface area contributed by atoms with Crippen LogP contribution in [0.4, 0.5) is 0 Å². The smallest absolute Gasteiger partial charge is 0.119 e. The molecule has 1 aromatic rings. The third-order valence-corrected chi connectivity index (χ3v) is 4.57. The molecule has 2 atom stereocenters. The first-order chi connectivity index (χ1) is 8.93. The van der Waals surface area contributed by atoms with Crippen molar-refractivity contribution in [1.82, 2.24) is 5.32 Å². The van der Waals surface area contributed by atoms with Gasteiger partial charge in [0.05, 0.1) is 6.10 Å². The molecule has 0 bridgehead atoms. The van der Waals surface area contributed by atoms with Gasteiger partial charge in [0.25, 0.3) is 0 Å². The molecule has 19 heavy (non-hydrogen) atoms. The molecule has 2 unspecified atom stereocenters. The lowest BCUT2D eigenvalue weighted by atomic mass is 10.1. The molecule has 0 aliphatic carbocycles. The molecule has 1 aromatic carbocycles. The van der Waals surface area contributed by atoms with E-state index in [1.165, 1.54) is 0 Å². The number of benzene rings is 1. The van der Waals surface area contributed by atoms with Crippen molar-refractivity contribution in [2.24, 2.45) is 0 Å². The number of rotatable bonds is 7. The topological polar surface area (TPSA) is 38.3 Å². The molecular weight excluding hydrogens is 258 g/mol. The van der Waals surface area contributed by atoms with Gasteiger partial charge in [-0.15, -0.1) is 0 Å². The summed E-state index contributed by atoms with van der Waals surface area (Å²) < 4.78 is 17.6. The van der Waals surface area contributed by atoms with E-state index < -0.39 is 10.8 Å². The van der Waals surface area contributed by atoms with Crippen LogP contribution in [0.2, 0.25) is 0 Å². The largest absolute Gasteiger partial charge is 0.491 e. The lowest BCUT2D eigenvalue weighted by molar-refractivity contribution is 0.242. The minimum Gasteiger partial charge on any atom is -0.491 e. The van der Waals surface area contributed by atoms with Crippen LogP contribution >= 0.6 is 0 Å². The lowest BCUT2D eigenvalue weighted by Crippen LogP contribution is -2.25. The van der Waals surface area contributed by atoms with Crippen molar-refractivity contribution in [3.63, 3.8) is 0 Å². The summed E-state index contributed by atoms with van der Waals surface area (Å²) in [6, 6.07) is 8.14. The molecule has 0 spiro atoms. The number of hydrogen-bond donors (Lipinski definition) is 1. The molecule has 0 fully saturated rings. The van der Waals surface area contributed by atoms with Crippen LogP contribution in [-0.2, 0) is 10.8 Å². The fourth-order valence-electron chi connectivity index (χ4n) is 1.75. The van der Waals surface area contributed by atoms with Crippen LogP contribution in [0.3, 0.4) is 0 Å². The second-order valence-electron chi connectivity index (χ2n) is 5.17. The van der Waals surface area contributed by atoms with Gasteiger partial charge < -0.3 is 10.1 Å². The maximum atomic E-state index is 11.9. The summed E-state index contributed by atoms with van der Waals surface area (Å²) >= 11 is 0. The van der Waals surface area contributed by atoms with E-state index in [1.54, 1.807) is 0 Å². The highest BCUT2D eigenvalue weighted by Gasteiger charge is 2.15. The van der Waals surface area contributed by atoms with Crippen molar-refractivity contribution < 1.29 is 8.95 Å². The summed E-state index contributed by atoms with van der Waals surface area (Å²) in [5.41, 5.74) is 1.15. The van der Waals surface area contributed by atoms with Crippen LogP contribution < -0.4 is 10.1 Å². The summed E-state index contributed by atoms with van der Waals surface area (Å²) in [6.07, 6.45) is 0.180. The third kappa shape index (κ3) is 5.33. The molecule has 0 aromatic heterocycles. The Kier molecular flexibility index (Phi) is 6.52. The summed E-state index contributed by atoms with van der Waals surface area (Å²) in [7, 11) is 1.09. The lowest BCUT2D eigenvalue weighted by Gasteiger charge is -2.18. The molecule has 108 valence electrons. The molecule has 3 nitrogen and oxygen atoms in total. The number of ether oxygens (including phenoxy) is 1. The Labute approximate surface area is 119 Å². The summed E-state index contributed by atoms with van der Waals surface area (Å²) in [5.74, 6) is 1.51. The van der Waals surface area contributed by atoms with E-state index in [4.69, 9.17) is 4.74 Å². The minimum absolute atomic E-state index is 0.122. The van der Waals surface area contributed by atoms with Crippen molar-refractivity contribution in [2.45, 2.75) is 45.1 Å². The van der Waals surface area contributed by atoms with Crippen molar-refractivity contribution in [3.8, 4) is 5.75 Å². The van der Waals surface area contributed by atoms with E-state index >= 15 is 0 Å². The molecule has 0 amide bonds. The van der Waals surface area contributed by atoms with Gasteiger partial charge in [-0.2, -0.15) is 0 Å². The second-order valence-corrected chi connectivity index (χ2v) is 7.21. The highest BCUT2D eigenvalue weighted by atomic mass is 32.2. The Morgan fingerprint density at radius 2 is 1.74 bits per heavy atom. The molecule has 0 radical (unpaired) electrons. The average molecular weight is 283 g/mol. The van der Waals surface area contributed by atoms with Gasteiger partial charge in [0.15, 0.2) is 0 Å². The zero-order valence-electron chi connectivity index (χ0n) is 12.5. The first kappa shape index (κ1) is 16.2. The fraction of sp³-hybridized carbons (Fsp3) is 0.600. The van der Waals surface area contributed by atoms with Gasteiger partial charge in [0.1, 0.15) is 5.75 Å². The standard InChI is InChI=1S/C15H25NO2S/c1-11(2)18-14-8-6-13(7-9-14)15(16-5)10-19(17)12(3)4/h6-9,11-12,15-16H,10H2,1-5H3. The Morgan fingerprint density at radius 1 is 1.16 bits per heavy atom. The molecule has 4 heteroatoms. The maximum Gasteiger partial charge on any atom is 0.119 e. The fourth-order valence-corrected chi connectivity index (χ4v) is 2.83. The van der Waals surface area contributed by atoms with Gasteiger partial charge in [0.2, 0.25) is 0 Å².